The monoisotopic (exact) mass is 434 g/mol. The summed E-state index contributed by atoms with van der Waals surface area (Å²) in [5, 5.41) is 3.47. The number of rotatable bonds is 4. The van der Waals surface area contributed by atoms with Crippen LogP contribution in [0.15, 0.2) is 64.2 Å². The molecule has 31 heavy (non-hydrogen) atoms. The molecule has 0 spiro atoms. The summed E-state index contributed by atoms with van der Waals surface area (Å²) in [6.45, 7) is 3.76. The summed E-state index contributed by atoms with van der Waals surface area (Å²) in [7, 11) is 0. The number of carbonyl (C=O) groups is 1. The number of aromatic nitrogens is 3. The Morgan fingerprint density at radius 1 is 1.10 bits per heavy atom. The first kappa shape index (κ1) is 20.6. The minimum Gasteiger partial charge on any atom is -0.322 e. The number of anilines is 1. The number of carbonyl (C=O) groups excluding carboxylic acids is 1. The quantitative estimate of drug-likeness (QED) is 0.512. The topological polar surface area (TPSA) is 96.9 Å². The molecule has 0 aliphatic carbocycles. The Bertz CT molecular complexity index is 1420. The number of benzene rings is 2. The summed E-state index contributed by atoms with van der Waals surface area (Å²) >= 11 is 6.03. The predicted octanol–water partition coefficient (Wildman–Crippen LogP) is 3.66. The van der Waals surface area contributed by atoms with Crippen molar-refractivity contribution in [2.24, 2.45) is 0 Å². The lowest BCUT2D eigenvalue weighted by Crippen LogP contribution is -2.32. The second kappa shape index (κ2) is 8.20. The van der Waals surface area contributed by atoms with Crippen LogP contribution in [0.3, 0.4) is 0 Å². The SMILES string of the molecule is Cc1ccc(Cl)cc1NC(=O)c1cc2c(=O)[nH]c(=O)n(Cc3ccccc3)c2nc1C. The van der Waals surface area contributed by atoms with Gasteiger partial charge in [0, 0.05) is 10.7 Å². The Labute approximate surface area is 182 Å². The molecule has 2 N–H and O–H groups in total. The van der Waals surface area contributed by atoms with E-state index in [-0.39, 0.29) is 23.1 Å². The molecule has 2 aromatic heterocycles. The van der Waals surface area contributed by atoms with Crippen LogP contribution in [0.4, 0.5) is 5.69 Å². The van der Waals surface area contributed by atoms with Gasteiger partial charge in [0.15, 0.2) is 0 Å². The van der Waals surface area contributed by atoms with Gasteiger partial charge in [-0.3, -0.25) is 19.1 Å². The number of halogens is 1. The minimum atomic E-state index is -0.593. The van der Waals surface area contributed by atoms with Crippen molar-refractivity contribution in [2.75, 3.05) is 5.32 Å². The van der Waals surface area contributed by atoms with Crippen LogP contribution < -0.4 is 16.6 Å². The van der Waals surface area contributed by atoms with Gasteiger partial charge in [-0.15, -0.1) is 0 Å². The third-order valence-corrected chi connectivity index (χ3v) is 5.27. The zero-order valence-electron chi connectivity index (χ0n) is 16.9. The van der Waals surface area contributed by atoms with Gasteiger partial charge in [0.25, 0.3) is 11.5 Å². The predicted molar refractivity (Wildman–Crippen MR) is 121 cm³/mol. The Balaban J connectivity index is 1.80. The maximum Gasteiger partial charge on any atom is 0.330 e. The van der Waals surface area contributed by atoms with E-state index in [1.165, 1.54) is 10.6 Å². The molecule has 0 saturated heterocycles. The van der Waals surface area contributed by atoms with E-state index < -0.39 is 17.2 Å². The highest BCUT2D eigenvalue weighted by molar-refractivity contribution is 6.31. The molecule has 0 radical (unpaired) electrons. The number of aromatic amines is 1. The number of nitrogens with one attached hydrogen (secondary N) is 2. The van der Waals surface area contributed by atoms with Gasteiger partial charge in [-0.1, -0.05) is 48.0 Å². The molecule has 4 aromatic rings. The van der Waals surface area contributed by atoms with Gasteiger partial charge in [-0.2, -0.15) is 0 Å². The molecule has 0 aliphatic heterocycles. The fraction of sp³-hybridized carbons (Fsp3) is 0.130. The first-order valence-electron chi connectivity index (χ1n) is 9.59. The summed E-state index contributed by atoms with van der Waals surface area (Å²) in [5.74, 6) is -0.419. The van der Waals surface area contributed by atoms with Crippen molar-refractivity contribution in [3.8, 4) is 0 Å². The number of hydrogen-bond acceptors (Lipinski definition) is 4. The molecule has 0 aliphatic rings. The average Bonchev–Trinajstić information content (AvgIpc) is 2.74. The minimum absolute atomic E-state index is 0.161. The van der Waals surface area contributed by atoms with E-state index in [4.69, 9.17) is 11.6 Å². The maximum atomic E-state index is 12.9. The van der Waals surface area contributed by atoms with Gasteiger partial charge >= 0.3 is 5.69 Å². The van der Waals surface area contributed by atoms with Gasteiger partial charge < -0.3 is 5.32 Å². The van der Waals surface area contributed by atoms with E-state index in [1.807, 2.05) is 37.3 Å². The summed E-state index contributed by atoms with van der Waals surface area (Å²) in [4.78, 5) is 44.7. The smallest absolute Gasteiger partial charge is 0.322 e. The Morgan fingerprint density at radius 3 is 2.58 bits per heavy atom. The second-order valence-electron chi connectivity index (χ2n) is 7.24. The Morgan fingerprint density at radius 2 is 1.84 bits per heavy atom. The molecule has 2 aromatic carbocycles. The molecular formula is C23H19ClN4O3. The number of nitrogens with zero attached hydrogens (tertiary/aromatic N) is 2. The summed E-state index contributed by atoms with van der Waals surface area (Å²) in [5.41, 5.74) is 2.02. The van der Waals surface area contributed by atoms with Crippen molar-refractivity contribution in [1.29, 1.82) is 0 Å². The lowest BCUT2D eigenvalue weighted by Gasteiger charge is -2.13. The van der Waals surface area contributed by atoms with Crippen molar-refractivity contribution in [1.82, 2.24) is 14.5 Å². The Kier molecular flexibility index (Phi) is 5.44. The Hall–Kier alpha value is -3.71. The van der Waals surface area contributed by atoms with Crippen LogP contribution in [-0.2, 0) is 6.54 Å². The standard InChI is InChI=1S/C23H19ClN4O3/c1-13-8-9-16(24)10-19(13)26-21(29)17-11-18-20(25-14(17)2)28(23(31)27-22(18)30)12-15-6-4-3-5-7-15/h3-11H,12H2,1-2H3,(H,26,29)(H,27,30,31). The van der Waals surface area contributed by atoms with Crippen LogP contribution in [0.1, 0.15) is 27.2 Å². The van der Waals surface area contributed by atoms with E-state index in [9.17, 15) is 14.4 Å². The largest absolute Gasteiger partial charge is 0.330 e. The third-order valence-electron chi connectivity index (χ3n) is 5.03. The zero-order chi connectivity index (χ0) is 22.1. The van der Waals surface area contributed by atoms with E-state index in [0.29, 0.717) is 16.4 Å². The van der Waals surface area contributed by atoms with Crippen LogP contribution in [0, 0.1) is 13.8 Å². The number of H-pyrrole nitrogens is 1. The molecule has 0 fully saturated rings. The molecule has 156 valence electrons. The lowest BCUT2D eigenvalue weighted by atomic mass is 10.1. The molecular weight excluding hydrogens is 416 g/mol. The summed E-state index contributed by atoms with van der Waals surface area (Å²) in [6.07, 6.45) is 0. The van der Waals surface area contributed by atoms with Gasteiger partial charge in [0.2, 0.25) is 0 Å². The van der Waals surface area contributed by atoms with Crippen molar-refractivity contribution < 1.29 is 4.79 Å². The number of amides is 1. The second-order valence-corrected chi connectivity index (χ2v) is 7.67. The molecule has 2 heterocycles. The normalized spacial score (nSPS) is 10.9. The van der Waals surface area contributed by atoms with Crippen LogP contribution in [0.25, 0.3) is 11.0 Å². The number of hydrogen-bond donors (Lipinski definition) is 2. The molecule has 8 heteroatoms. The number of aryl methyl sites for hydroxylation is 2. The third kappa shape index (κ3) is 4.13. The first-order valence-corrected chi connectivity index (χ1v) is 9.97. The van der Waals surface area contributed by atoms with Crippen molar-refractivity contribution >= 4 is 34.2 Å². The fourth-order valence-electron chi connectivity index (χ4n) is 3.35. The van der Waals surface area contributed by atoms with E-state index >= 15 is 0 Å². The zero-order valence-corrected chi connectivity index (χ0v) is 17.7. The molecule has 0 saturated carbocycles. The van der Waals surface area contributed by atoms with Crippen LogP contribution in [-0.4, -0.2) is 20.4 Å². The molecule has 1 amide bonds. The summed E-state index contributed by atoms with van der Waals surface area (Å²) < 4.78 is 1.39. The van der Waals surface area contributed by atoms with E-state index in [0.717, 1.165) is 11.1 Å². The van der Waals surface area contributed by atoms with Crippen LogP contribution in [0.5, 0.6) is 0 Å². The highest BCUT2D eigenvalue weighted by Gasteiger charge is 2.17. The molecule has 0 unspecified atom stereocenters. The van der Waals surface area contributed by atoms with Crippen LogP contribution in [0.2, 0.25) is 5.02 Å². The summed E-state index contributed by atoms with van der Waals surface area (Å²) in [6, 6.07) is 16.0. The van der Waals surface area contributed by atoms with E-state index in [2.05, 4.69) is 15.3 Å². The molecule has 0 atom stereocenters. The highest BCUT2D eigenvalue weighted by atomic mass is 35.5. The molecule has 7 nitrogen and oxygen atoms in total. The van der Waals surface area contributed by atoms with Crippen molar-refractivity contribution in [3.63, 3.8) is 0 Å². The van der Waals surface area contributed by atoms with Gasteiger partial charge in [0.1, 0.15) is 5.65 Å². The van der Waals surface area contributed by atoms with Crippen molar-refractivity contribution in [3.05, 3.63) is 103 Å². The average molecular weight is 435 g/mol. The number of pyridine rings is 1. The van der Waals surface area contributed by atoms with E-state index in [1.54, 1.807) is 25.1 Å². The van der Waals surface area contributed by atoms with Gasteiger partial charge in [0.05, 0.1) is 23.2 Å². The van der Waals surface area contributed by atoms with Crippen LogP contribution >= 0.6 is 11.6 Å². The van der Waals surface area contributed by atoms with Crippen molar-refractivity contribution in [2.45, 2.75) is 20.4 Å². The molecule has 0 bridgehead atoms. The maximum absolute atomic E-state index is 12.9. The fourth-order valence-corrected chi connectivity index (χ4v) is 3.53. The highest BCUT2D eigenvalue weighted by Crippen LogP contribution is 2.22. The first-order chi connectivity index (χ1) is 14.8. The van der Waals surface area contributed by atoms with Gasteiger partial charge in [-0.25, -0.2) is 9.78 Å². The number of fused-ring (bicyclic) bond motifs is 1. The van der Waals surface area contributed by atoms with Gasteiger partial charge in [-0.05, 0) is 43.2 Å². The molecule has 4 rings (SSSR count). The lowest BCUT2D eigenvalue weighted by molar-refractivity contribution is 0.102.